The Labute approximate surface area is 114 Å². The van der Waals surface area contributed by atoms with Crippen molar-refractivity contribution in [2.24, 2.45) is 0 Å². The molecule has 5 nitrogen and oxygen atoms in total. The average molecular weight is 277 g/mol. The number of nitriles is 1. The van der Waals surface area contributed by atoms with Gasteiger partial charge in [-0.2, -0.15) is 5.26 Å². The maximum atomic E-state index is 14.0. The summed E-state index contributed by atoms with van der Waals surface area (Å²) in [6.07, 6.45) is 1.10. The maximum absolute atomic E-state index is 14.0. The minimum atomic E-state index is -0.750. The van der Waals surface area contributed by atoms with Crippen LogP contribution in [0, 0.1) is 23.0 Å². The molecule has 2 rings (SSSR count). The summed E-state index contributed by atoms with van der Waals surface area (Å²) in [5, 5.41) is 15.4. The van der Waals surface area contributed by atoms with Crippen LogP contribution in [0.1, 0.15) is 25.2 Å². The summed E-state index contributed by atoms with van der Waals surface area (Å²) in [5.74, 6) is -1.64. The van der Waals surface area contributed by atoms with Crippen molar-refractivity contribution in [3.8, 4) is 11.8 Å². The molecular weight excluding hydrogens is 264 g/mol. The van der Waals surface area contributed by atoms with Crippen molar-refractivity contribution in [3.05, 3.63) is 41.5 Å². The fourth-order valence-corrected chi connectivity index (χ4v) is 1.68. The van der Waals surface area contributed by atoms with Gasteiger partial charge in [-0.15, -0.1) is 5.10 Å². The zero-order chi connectivity index (χ0) is 14.7. The zero-order valence-corrected chi connectivity index (χ0v) is 11.1. The number of rotatable bonds is 4. The van der Waals surface area contributed by atoms with Crippen LogP contribution in [0.25, 0.3) is 5.69 Å². The molecular formula is C13H13F2N5. The van der Waals surface area contributed by atoms with Crippen LogP contribution in [-0.4, -0.2) is 20.8 Å². The Kier molecular flexibility index (Phi) is 4.05. The molecule has 0 amide bonds. The van der Waals surface area contributed by atoms with Gasteiger partial charge in [0.05, 0.1) is 0 Å². The number of nitrogens with zero attached hydrogens (tertiary/aromatic N) is 4. The van der Waals surface area contributed by atoms with E-state index in [1.807, 2.05) is 13.8 Å². The highest BCUT2D eigenvalue weighted by molar-refractivity contribution is 5.37. The molecule has 0 fully saturated rings. The molecule has 0 saturated carbocycles. The van der Waals surface area contributed by atoms with Crippen molar-refractivity contribution in [2.75, 3.05) is 0 Å². The third-order valence-electron chi connectivity index (χ3n) is 2.61. The second-order valence-electron chi connectivity index (χ2n) is 4.57. The Balaban J connectivity index is 2.34. The molecule has 2 aromatic rings. The first kappa shape index (κ1) is 14.1. The third kappa shape index (κ3) is 2.97. The lowest BCUT2D eigenvalue weighted by molar-refractivity contribution is 0.545. The Hall–Kier alpha value is -2.33. The lowest BCUT2D eigenvalue weighted by Gasteiger charge is -2.10. The molecule has 0 radical (unpaired) electrons. The fourth-order valence-electron chi connectivity index (χ4n) is 1.68. The first-order valence-corrected chi connectivity index (χ1v) is 6.04. The van der Waals surface area contributed by atoms with Crippen molar-refractivity contribution in [3.63, 3.8) is 0 Å². The summed E-state index contributed by atoms with van der Waals surface area (Å²) in [4.78, 5) is 3.62. The van der Waals surface area contributed by atoms with Gasteiger partial charge in [0.15, 0.2) is 11.6 Å². The van der Waals surface area contributed by atoms with E-state index in [4.69, 9.17) is 5.26 Å². The van der Waals surface area contributed by atoms with Crippen molar-refractivity contribution in [2.45, 2.75) is 26.4 Å². The van der Waals surface area contributed by atoms with Gasteiger partial charge in [-0.25, -0.2) is 18.4 Å². The van der Waals surface area contributed by atoms with Crippen LogP contribution < -0.4 is 5.32 Å². The molecule has 1 aromatic heterocycles. The monoisotopic (exact) mass is 277 g/mol. The van der Waals surface area contributed by atoms with E-state index in [1.165, 1.54) is 12.1 Å². The Morgan fingerprint density at radius 2 is 2.00 bits per heavy atom. The Bertz CT molecular complexity index is 634. The van der Waals surface area contributed by atoms with Gasteiger partial charge in [0, 0.05) is 12.6 Å². The minimum Gasteiger partial charge on any atom is -0.310 e. The first-order chi connectivity index (χ1) is 9.51. The molecule has 1 heterocycles. The van der Waals surface area contributed by atoms with Crippen molar-refractivity contribution in [1.82, 2.24) is 20.1 Å². The molecule has 0 aliphatic rings. The van der Waals surface area contributed by atoms with Crippen molar-refractivity contribution < 1.29 is 8.78 Å². The van der Waals surface area contributed by atoms with Crippen LogP contribution in [0.4, 0.5) is 8.78 Å². The first-order valence-electron chi connectivity index (χ1n) is 6.04. The predicted octanol–water partition coefficient (Wildman–Crippen LogP) is 1.92. The number of hydrogen-bond acceptors (Lipinski definition) is 4. The van der Waals surface area contributed by atoms with Gasteiger partial charge in [-0.3, -0.25) is 0 Å². The number of benzene rings is 1. The van der Waals surface area contributed by atoms with Crippen LogP contribution in [0.3, 0.4) is 0 Å². The second-order valence-corrected chi connectivity index (χ2v) is 4.57. The van der Waals surface area contributed by atoms with Crippen molar-refractivity contribution in [1.29, 1.82) is 5.26 Å². The van der Waals surface area contributed by atoms with Crippen LogP contribution in [0.15, 0.2) is 18.5 Å². The molecule has 0 spiro atoms. The highest BCUT2D eigenvalue weighted by Crippen LogP contribution is 2.19. The molecule has 104 valence electrons. The van der Waals surface area contributed by atoms with E-state index in [0.717, 1.165) is 11.0 Å². The molecule has 20 heavy (non-hydrogen) atoms. The molecule has 0 unspecified atom stereocenters. The quantitative estimate of drug-likeness (QED) is 0.927. The lowest BCUT2D eigenvalue weighted by atomic mass is 10.1. The molecule has 0 bridgehead atoms. The zero-order valence-electron chi connectivity index (χ0n) is 11.1. The van der Waals surface area contributed by atoms with Gasteiger partial charge in [0.25, 0.3) is 5.82 Å². The van der Waals surface area contributed by atoms with Crippen LogP contribution >= 0.6 is 0 Å². The van der Waals surface area contributed by atoms with Gasteiger partial charge in [0.2, 0.25) is 0 Å². The molecule has 1 aromatic carbocycles. The fraction of sp³-hybridized carbons (Fsp3) is 0.308. The van der Waals surface area contributed by atoms with Crippen LogP contribution in [0.2, 0.25) is 0 Å². The summed E-state index contributed by atoms with van der Waals surface area (Å²) in [7, 11) is 0. The largest absolute Gasteiger partial charge is 0.310 e. The number of halogens is 2. The third-order valence-corrected chi connectivity index (χ3v) is 2.61. The van der Waals surface area contributed by atoms with Gasteiger partial charge >= 0.3 is 0 Å². The Morgan fingerprint density at radius 1 is 1.35 bits per heavy atom. The highest BCUT2D eigenvalue weighted by atomic mass is 19.1. The summed E-state index contributed by atoms with van der Waals surface area (Å²) < 4.78 is 28.9. The highest BCUT2D eigenvalue weighted by Gasteiger charge is 2.15. The molecule has 7 heteroatoms. The second kappa shape index (κ2) is 5.75. The minimum absolute atomic E-state index is 0.144. The normalized spacial score (nSPS) is 10.8. The number of hydrogen-bond donors (Lipinski definition) is 1. The number of nitrogens with one attached hydrogen (secondary N) is 1. The predicted molar refractivity (Wildman–Crippen MR) is 68.0 cm³/mol. The number of aromatic nitrogens is 3. The van der Waals surface area contributed by atoms with E-state index < -0.39 is 11.6 Å². The van der Waals surface area contributed by atoms with E-state index in [-0.39, 0.29) is 17.6 Å². The topological polar surface area (TPSA) is 66.5 Å². The van der Waals surface area contributed by atoms with E-state index >= 15 is 0 Å². The average Bonchev–Trinajstić information content (AvgIpc) is 2.84. The summed E-state index contributed by atoms with van der Waals surface area (Å²) in [6, 6.07) is 4.39. The van der Waals surface area contributed by atoms with Crippen molar-refractivity contribution >= 4 is 0 Å². The van der Waals surface area contributed by atoms with Gasteiger partial charge in [-0.1, -0.05) is 13.8 Å². The van der Waals surface area contributed by atoms with Gasteiger partial charge in [-0.05, 0) is 17.7 Å². The molecule has 0 saturated heterocycles. The smallest absolute Gasteiger partial charge is 0.252 e. The molecule has 0 atom stereocenters. The Morgan fingerprint density at radius 3 is 2.50 bits per heavy atom. The van der Waals surface area contributed by atoms with Gasteiger partial charge in [0.1, 0.15) is 18.1 Å². The van der Waals surface area contributed by atoms with E-state index in [2.05, 4.69) is 15.4 Å². The molecule has 0 aliphatic heterocycles. The summed E-state index contributed by atoms with van der Waals surface area (Å²) in [5.41, 5.74) is 0.158. The SMILES string of the molecule is CC(C)NCc1cc(F)c(-n2cnc(C#N)n2)c(F)c1. The van der Waals surface area contributed by atoms with E-state index in [1.54, 1.807) is 6.07 Å². The maximum Gasteiger partial charge on any atom is 0.252 e. The summed E-state index contributed by atoms with van der Waals surface area (Å²) in [6.45, 7) is 4.26. The van der Waals surface area contributed by atoms with E-state index in [9.17, 15) is 8.78 Å². The van der Waals surface area contributed by atoms with Gasteiger partial charge < -0.3 is 5.32 Å². The van der Waals surface area contributed by atoms with Crippen LogP contribution in [0.5, 0.6) is 0 Å². The standard InChI is InChI=1S/C13H13F2N5/c1-8(2)17-6-9-3-10(14)13(11(15)4-9)20-7-18-12(5-16)19-20/h3-4,7-8,17H,6H2,1-2H3. The van der Waals surface area contributed by atoms with Crippen LogP contribution in [-0.2, 0) is 6.54 Å². The summed E-state index contributed by atoms with van der Waals surface area (Å²) >= 11 is 0. The lowest BCUT2D eigenvalue weighted by Crippen LogP contribution is -2.22. The molecule has 1 N–H and O–H groups in total. The molecule has 0 aliphatic carbocycles. The van der Waals surface area contributed by atoms with E-state index in [0.29, 0.717) is 12.1 Å².